The van der Waals surface area contributed by atoms with Gasteiger partial charge in [0.05, 0.1) is 0 Å². The van der Waals surface area contributed by atoms with E-state index in [1.54, 1.807) is 18.2 Å². The molecule has 1 aliphatic heterocycles. The lowest BCUT2D eigenvalue weighted by molar-refractivity contribution is -0.126. The summed E-state index contributed by atoms with van der Waals surface area (Å²) in [6.45, 7) is 2.85. The van der Waals surface area contributed by atoms with Gasteiger partial charge in [0, 0.05) is 29.6 Å². The first kappa shape index (κ1) is 17.9. The Hall–Kier alpha value is -1.91. The number of likely N-dealkylation sites (tertiary alicyclic amines) is 1. The first-order chi connectivity index (χ1) is 12.1. The Morgan fingerprint density at radius 1 is 1.16 bits per heavy atom. The Morgan fingerprint density at radius 2 is 1.92 bits per heavy atom. The number of carbonyl (C=O) groups is 1. The van der Waals surface area contributed by atoms with E-state index in [1.807, 2.05) is 18.2 Å². The smallest absolute Gasteiger partial charge is 0.223 e. The highest BCUT2D eigenvalue weighted by atomic mass is 35.5. The molecule has 3 nitrogen and oxygen atoms in total. The van der Waals surface area contributed by atoms with E-state index in [4.69, 9.17) is 11.6 Å². The molecule has 0 saturated carbocycles. The number of halogens is 2. The van der Waals surface area contributed by atoms with Crippen LogP contribution in [-0.4, -0.2) is 23.9 Å². The number of rotatable bonds is 5. The first-order valence-corrected chi connectivity index (χ1v) is 8.97. The number of carbonyl (C=O) groups excluding carboxylic acids is 1. The van der Waals surface area contributed by atoms with Gasteiger partial charge in [0.1, 0.15) is 5.82 Å². The number of amides is 1. The van der Waals surface area contributed by atoms with Gasteiger partial charge in [-0.05, 0) is 49.7 Å². The Balaban J connectivity index is 1.45. The van der Waals surface area contributed by atoms with Crippen LogP contribution in [0.25, 0.3) is 0 Å². The molecule has 1 N–H and O–H groups in total. The van der Waals surface area contributed by atoms with Crippen molar-refractivity contribution < 1.29 is 9.18 Å². The van der Waals surface area contributed by atoms with E-state index < -0.39 is 0 Å². The fraction of sp³-hybridized carbons (Fsp3) is 0.350. The van der Waals surface area contributed by atoms with Gasteiger partial charge in [-0.3, -0.25) is 9.69 Å². The summed E-state index contributed by atoms with van der Waals surface area (Å²) in [6, 6.07) is 14.4. The lowest BCUT2D eigenvalue weighted by Crippen LogP contribution is -2.40. The third-order valence-electron chi connectivity index (χ3n) is 4.66. The molecule has 0 aromatic heterocycles. The number of hydrogen-bond acceptors (Lipinski definition) is 2. The standard InChI is InChI=1S/C20H22ClFN2O/c21-18-6-3-4-15(12-18)14-24-10-8-16(9-11-24)20(25)23-13-17-5-1-2-7-19(17)22/h1-7,12,16H,8-11,13-14H2,(H,23,25). The lowest BCUT2D eigenvalue weighted by atomic mass is 9.95. The van der Waals surface area contributed by atoms with Crippen LogP contribution in [0.2, 0.25) is 5.02 Å². The zero-order valence-electron chi connectivity index (χ0n) is 14.1. The average molecular weight is 361 g/mol. The van der Waals surface area contributed by atoms with Crippen LogP contribution < -0.4 is 5.32 Å². The maximum atomic E-state index is 13.6. The maximum absolute atomic E-state index is 13.6. The Kier molecular flexibility index (Phi) is 6.05. The maximum Gasteiger partial charge on any atom is 0.223 e. The van der Waals surface area contributed by atoms with Gasteiger partial charge in [-0.2, -0.15) is 0 Å². The highest BCUT2D eigenvalue weighted by Gasteiger charge is 2.24. The number of hydrogen-bond donors (Lipinski definition) is 1. The Morgan fingerprint density at radius 3 is 2.64 bits per heavy atom. The molecule has 2 aromatic carbocycles. The number of nitrogens with zero attached hydrogens (tertiary/aromatic N) is 1. The molecule has 0 unspecified atom stereocenters. The van der Waals surface area contributed by atoms with Crippen molar-refractivity contribution in [3.05, 3.63) is 70.5 Å². The van der Waals surface area contributed by atoms with E-state index in [9.17, 15) is 9.18 Å². The van der Waals surface area contributed by atoms with Crippen molar-refractivity contribution in [2.24, 2.45) is 5.92 Å². The minimum absolute atomic E-state index is 0.00221. The van der Waals surface area contributed by atoms with Gasteiger partial charge in [-0.25, -0.2) is 4.39 Å². The van der Waals surface area contributed by atoms with Gasteiger partial charge in [0.2, 0.25) is 5.91 Å². The fourth-order valence-electron chi connectivity index (χ4n) is 3.22. The quantitative estimate of drug-likeness (QED) is 0.873. The van der Waals surface area contributed by atoms with Crippen LogP contribution >= 0.6 is 11.6 Å². The summed E-state index contributed by atoms with van der Waals surface area (Å²) in [5.74, 6) is -0.257. The number of nitrogens with one attached hydrogen (secondary N) is 1. The van der Waals surface area contributed by atoms with Crippen LogP contribution in [0.5, 0.6) is 0 Å². The van der Waals surface area contributed by atoms with E-state index in [-0.39, 0.29) is 24.2 Å². The fourth-order valence-corrected chi connectivity index (χ4v) is 3.43. The molecule has 1 amide bonds. The third-order valence-corrected chi connectivity index (χ3v) is 4.90. The molecular weight excluding hydrogens is 339 g/mol. The molecule has 1 aliphatic rings. The van der Waals surface area contributed by atoms with E-state index >= 15 is 0 Å². The summed E-state index contributed by atoms with van der Waals surface area (Å²) >= 11 is 6.03. The topological polar surface area (TPSA) is 32.3 Å². The number of piperidine rings is 1. The van der Waals surface area contributed by atoms with Gasteiger partial charge in [-0.15, -0.1) is 0 Å². The minimum atomic E-state index is -0.279. The van der Waals surface area contributed by atoms with Crippen LogP contribution in [0, 0.1) is 11.7 Å². The van der Waals surface area contributed by atoms with Gasteiger partial charge in [-0.1, -0.05) is 41.9 Å². The second kappa shape index (κ2) is 8.45. The zero-order valence-corrected chi connectivity index (χ0v) is 14.8. The van der Waals surface area contributed by atoms with Crippen molar-refractivity contribution in [3.8, 4) is 0 Å². The van der Waals surface area contributed by atoms with Crippen LogP contribution in [-0.2, 0) is 17.9 Å². The predicted octanol–water partition coefficient (Wildman–Crippen LogP) is 4.01. The monoisotopic (exact) mass is 360 g/mol. The summed E-state index contributed by atoms with van der Waals surface area (Å²) < 4.78 is 13.6. The van der Waals surface area contributed by atoms with Crippen LogP contribution in [0.3, 0.4) is 0 Å². The molecule has 5 heteroatoms. The van der Waals surface area contributed by atoms with Crippen LogP contribution in [0.15, 0.2) is 48.5 Å². The highest BCUT2D eigenvalue weighted by molar-refractivity contribution is 6.30. The van der Waals surface area contributed by atoms with Crippen molar-refractivity contribution in [1.82, 2.24) is 10.2 Å². The molecule has 25 heavy (non-hydrogen) atoms. The van der Waals surface area contributed by atoms with Crippen molar-refractivity contribution in [1.29, 1.82) is 0 Å². The minimum Gasteiger partial charge on any atom is -0.352 e. The summed E-state index contributed by atoms with van der Waals surface area (Å²) in [7, 11) is 0. The van der Waals surface area contributed by atoms with Crippen molar-refractivity contribution in [3.63, 3.8) is 0 Å². The molecule has 0 radical (unpaired) electrons. The first-order valence-electron chi connectivity index (χ1n) is 8.60. The van der Waals surface area contributed by atoms with Gasteiger partial charge < -0.3 is 5.32 Å². The molecule has 0 atom stereocenters. The lowest BCUT2D eigenvalue weighted by Gasteiger charge is -2.31. The van der Waals surface area contributed by atoms with E-state index in [0.29, 0.717) is 5.56 Å². The molecule has 0 aliphatic carbocycles. The van der Waals surface area contributed by atoms with Crippen molar-refractivity contribution in [2.75, 3.05) is 13.1 Å². The molecule has 1 saturated heterocycles. The zero-order chi connectivity index (χ0) is 17.6. The van der Waals surface area contributed by atoms with Crippen LogP contribution in [0.4, 0.5) is 4.39 Å². The van der Waals surface area contributed by atoms with Gasteiger partial charge >= 0.3 is 0 Å². The Bertz CT molecular complexity index is 729. The summed E-state index contributed by atoms with van der Waals surface area (Å²) in [6.07, 6.45) is 1.65. The SMILES string of the molecule is O=C(NCc1ccccc1F)C1CCN(Cc2cccc(Cl)c2)CC1. The molecule has 3 rings (SSSR count). The average Bonchev–Trinajstić information content (AvgIpc) is 2.61. The molecular formula is C20H22ClFN2O. The van der Waals surface area contributed by atoms with E-state index in [0.717, 1.165) is 37.5 Å². The molecule has 1 heterocycles. The molecule has 0 bridgehead atoms. The molecule has 132 valence electrons. The normalized spacial score (nSPS) is 15.9. The second-order valence-electron chi connectivity index (χ2n) is 6.49. The predicted molar refractivity (Wildman–Crippen MR) is 97.7 cm³/mol. The summed E-state index contributed by atoms with van der Waals surface area (Å²) in [4.78, 5) is 14.7. The van der Waals surface area contributed by atoms with Crippen LogP contribution in [0.1, 0.15) is 24.0 Å². The summed E-state index contributed by atoms with van der Waals surface area (Å²) in [5.41, 5.74) is 1.71. The highest BCUT2D eigenvalue weighted by Crippen LogP contribution is 2.20. The second-order valence-corrected chi connectivity index (χ2v) is 6.93. The van der Waals surface area contributed by atoms with E-state index in [2.05, 4.69) is 16.3 Å². The molecule has 0 spiro atoms. The molecule has 2 aromatic rings. The van der Waals surface area contributed by atoms with Gasteiger partial charge in [0.15, 0.2) is 0 Å². The van der Waals surface area contributed by atoms with Gasteiger partial charge in [0.25, 0.3) is 0 Å². The number of benzene rings is 2. The largest absolute Gasteiger partial charge is 0.352 e. The summed E-state index contributed by atoms with van der Waals surface area (Å²) in [5, 5.41) is 3.62. The van der Waals surface area contributed by atoms with E-state index in [1.165, 1.54) is 11.6 Å². The van der Waals surface area contributed by atoms with Crippen molar-refractivity contribution in [2.45, 2.75) is 25.9 Å². The van der Waals surface area contributed by atoms with Crippen molar-refractivity contribution >= 4 is 17.5 Å². The Labute approximate surface area is 152 Å². The molecule has 1 fully saturated rings. The third kappa shape index (κ3) is 5.03.